The van der Waals surface area contributed by atoms with Gasteiger partial charge in [-0.3, -0.25) is 4.79 Å². The smallest absolute Gasteiger partial charge is 0.227 e. The van der Waals surface area contributed by atoms with Gasteiger partial charge in [0, 0.05) is 25.0 Å². The molecule has 1 aliphatic heterocycles. The van der Waals surface area contributed by atoms with Crippen molar-refractivity contribution in [3.8, 4) is 0 Å². The molecule has 0 saturated carbocycles. The minimum atomic E-state index is 0.268. The predicted molar refractivity (Wildman–Crippen MR) is 122 cm³/mol. The molecule has 0 spiro atoms. The van der Waals surface area contributed by atoms with Gasteiger partial charge >= 0.3 is 0 Å². The van der Waals surface area contributed by atoms with Crippen LogP contribution in [0.2, 0.25) is 0 Å². The van der Waals surface area contributed by atoms with Crippen molar-refractivity contribution in [3.63, 3.8) is 0 Å². The zero-order chi connectivity index (χ0) is 21.1. The van der Waals surface area contributed by atoms with Gasteiger partial charge < -0.3 is 14.2 Å². The first-order valence-electron chi connectivity index (χ1n) is 11.0. The van der Waals surface area contributed by atoms with E-state index < -0.39 is 0 Å². The number of carbonyl (C=O) groups excluding carboxylic acids is 1. The van der Waals surface area contributed by atoms with Gasteiger partial charge in [0.1, 0.15) is 5.58 Å². The second-order valence-electron chi connectivity index (χ2n) is 8.68. The quantitative estimate of drug-likeness (QED) is 0.580. The lowest BCUT2D eigenvalue weighted by molar-refractivity contribution is -0.130. The van der Waals surface area contributed by atoms with Crippen molar-refractivity contribution in [1.82, 2.24) is 9.80 Å². The van der Waals surface area contributed by atoms with E-state index in [1.807, 2.05) is 18.4 Å². The number of nitrogens with zero attached hydrogens (tertiary/aromatic N) is 2. The van der Waals surface area contributed by atoms with Crippen LogP contribution in [0.15, 0.2) is 47.1 Å². The minimum absolute atomic E-state index is 0.268. The summed E-state index contributed by atoms with van der Waals surface area (Å²) < 4.78 is 5.64. The van der Waals surface area contributed by atoms with E-state index in [9.17, 15) is 4.79 Å². The maximum Gasteiger partial charge on any atom is 0.227 e. The Bertz CT molecular complexity index is 1040. The highest BCUT2D eigenvalue weighted by Crippen LogP contribution is 2.22. The van der Waals surface area contributed by atoms with Crippen molar-refractivity contribution in [2.75, 3.05) is 33.2 Å². The summed E-state index contributed by atoms with van der Waals surface area (Å²) in [6.07, 6.45) is 5.37. The topological polar surface area (TPSA) is 36.7 Å². The van der Waals surface area contributed by atoms with E-state index in [1.165, 1.54) is 33.2 Å². The lowest BCUT2D eigenvalue weighted by Gasteiger charge is -2.22. The number of para-hydroxylation sites is 1. The summed E-state index contributed by atoms with van der Waals surface area (Å²) in [6.45, 7) is 7.93. The van der Waals surface area contributed by atoms with Crippen LogP contribution in [0, 0.1) is 13.8 Å². The van der Waals surface area contributed by atoms with Crippen LogP contribution in [0.25, 0.3) is 11.0 Å². The number of fused-ring (bicyclic) bond motifs is 2. The highest BCUT2D eigenvalue weighted by Gasteiger charge is 2.21. The van der Waals surface area contributed by atoms with Crippen LogP contribution in [0.1, 0.15) is 34.2 Å². The molecule has 4 heteroatoms. The van der Waals surface area contributed by atoms with E-state index in [1.54, 1.807) is 0 Å². The highest BCUT2D eigenvalue weighted by atomic mass is 16.3. The second-order valence-corrected chi connectivity index (χ2v) is 8.68. The van der Waals surface area contributed by atoms with Gasteiger partial charge in [0.05, 0.1) is 12.7 Å². The third-order valence-electron chi connectivity index (χ3n) is 6.45. The maximum absolute atomic E-state index is 12.8. The molecular weight excluding hydrogens is 372 g/mol. The molecule has 1 amide bonds. The van der Waals surface area contributed by atoms with Crippen molar-refractivity contribution >= 4 is 16.9 Å². The summed E-state index contributed by atoms with van der Waals surface area (Å²) in [6, 6.07) is 12.7. The molecule has 158 valence electrons. The Hall–Kier alpha value is -2.59. The largest absolute Gasteiger partial charge is 0.464 e. The summed E-state index contributed by atoms with van der Waals surface area (Å²) in [5.41, 5.74) is 7.39. The Morgan fingerprint density at radius 2 is 1.83 bits per heavy atom. The summed E-state index contributed by atoms with van der Waals surface area (Å²) >= 11 is 0. The van der Waals surface area contributed by atoms with Gasteiger partial charge in [0.25, 0.3) is 0 Å². The average molecular weight is 405 g/mol. The van der Waals surface area contributed by atoms with Gasteiger partial charge in [0.2, 0.25) is 5.91 Å². The number of amides is 1. The first-order valence-corrected chi connectivity index (χ1v) is 11.0. The van der Waals surface area contributed by atoms with Crippen LogP contribution in [-0.4, -0.2) is 48.9 Å². The standard InChI is InChI=1S/C26H32N2O2/c1-19-15-21-10-14-28(26(29)17-23(21)16-20(19)2)12-6-11-27(3)13-9-22-18-30-25-8-5-4-7-24(22)25/h4-5,7-8,15-16,18H,6,9-14,17H2,1-3H3. The third-order valence-corrected chi connectivity index (χ3v) is 6.45. The molecule has 0 atom stereocenters. The molecule has 2 heterocycles. The van der Waals surface area contributed by atoms with Gasteiger partial charge in [-0.05, 0) is 80.6 Å². The number of likely N-dealkylation sites (N-methyl/N-ethyl adjacent to an activating group) is 1. The lowest BCUT2D eigenvalue weighted by Crippen LogP contribution is -2.35. The molecule has 0 N–H and O–H groups in total. The van der Waals surface area contributed by atoms with Crippen LogP contribution in [0.5, 0.6) is 0 Å². The fourth-order valence-corrected chi connectivity index (χ4v) is 4.41. The van der Waals surface area contributed by atoms with Crippen molar-refractivity contribution in [2.45, 2.75) is 39.5 Å². The second kappa shape index (κ2) is 9.05. The van der Waals surface area contributed by atoms with Crippen molar-refractivity contribution < 1.29 is 9.21 Å². The van der Waals surface area contributed by atoms with Crippen molar-refractivity contribution in [1.29, 1.82) is 0 Å². The van der Waals surface area contributed by atoms with E-state index in [0.717, 1.165) is 51.0 Å². The molecule has 1 aromatic heterocycles. The van der Waals surface area contributed by atoms with Crippen LogP contribution >= 0.6 is 0 Å². The molecule has 3 aromatic rings. The van der Waals surface area contributed by atoms with Gasteiger partial charge in [0.15, 0.2) is 0 Å². The van der Waals surface area contributed by atoms with Gasteiger partial charge in [-0.25, -0.2) is 0 Å². The Labute approximate surface area is 179 Å². The monoisotopic (exact) mass is 404 g/mol. The molecule has 2 aromatic carbocycles. The molecule has 0 unspecified atom stereocenters. The fourth-order valence-electron chi connectivity index (χ4n) is 4.41. The number of rotatable bonds is 7. The molecule has 0 fully saturated rings. The predicted octanol–water partition coefficient (Wildman–Crippen LogP) is 4.54. The zero-order valence-corrected chi connectivity index (χ0v) is 18.4. The van der Waals surface area contributed by atoms with E-state index in [2.05, 4.69) is 55.0 Å². The highest BCUT2D eigenvalue weighted by molar-refractivity contribution is 5.81. The van der Waals surface area contributed by atoms with Gasteiger partial charge in [-0.15, -0.1) is 0 Å². The lowest BCUT2D eigenvalue weighted by atomic mass is 9.97. The van der Waals surface area contributed by atoms with E-state index in [4.69, 9.17) is 4.42 Å². The van der Waals surface area contributed by atoms with E-state index in [0.29, 0.717) is 6.42 Å². The van der Waals surface area contributed by atoms with Gasteiger partial charge in [-0.2, -0.15) is 0 Å². The Morgan fingerprint density at radius 1 is 1.07 bits per heavy atom. The number of benzene rings is 2. The fraction of sp³-hybridized carbons (Fsp3) is 0.423. The summed E-state index contributed by atoms with van der Waals surface area (Å²) in [5, 5.41) is 1.21. The minimum Gasteiger partial charge on any atom is -0.464 e. The summed E-state index contributed by atoms with van der Waals surface area (Å²) in [7, 11) is 2.16. The number of aryl methyl sites for hydroxylation is 2. The Morgan fingerprint density at radius 3 is 2.67 bits per heavy atom. The van der Waals surface area contributed by atoms with E-state index >= 15 is 0 Å². The average Bonchev–Trinajstić information content (AvgIpc) is 3.08. The number of hydrogen-bond acceptors (Lipinski definition) is 3. The normalized spacial score (nSPS) is 14.4. The summed E-state index contributed by atoms with van der Waals surface area (Å²) in [4.78, 5) is 17.2. The molecule has 0 radical (unpaired) electrons. The van der Waals surface area contributed by atoms with Gasteiger partial charge in [-0.1, -0.05) is 30.3 Å². The first kappa shape index (κ1) is 20.7. The third kappa shape index (κ3) is 4.59. The van der Waals surface area contributed by atoms with Crippen molar-refractivity contribution in [3.05, 3.63) is 70.5 Å². The number of carbonyl (C=O) groups is 1. The molecule has 1 aliphatic rings. The molecule has 4 nitrogen and oxygen atoms in total. The van der Waals surface area contributed by atoms with E-state index in [-0.39, 0.29) is 5.91 Å². The molecular formula is C26H32N2O2. The van der Waals surface area contributed by atoms with Crippen LogP contribution < -0.4 is 0 Å². The molecule has 0 bridgehead atoms. The molecule has 30 heavy (non-hydrogen) atoms. The van der Waals surface area contributed by atoms with Crippen molar-refractivity contribution in [2.24, 2.45) is 0 Å². The SMILES string of the molecule is Cc1cc2c(cc1C)CC(=O)N(CCCN(C)CCc1coc3ccccc13)CC2. The number of hydrogen-bond donors (Lipinski definition) is 0. The van der Waals surface area contributed by atoms with Crippen LogP contribution in [0.3, 0.4) is 0 Å². The van der Waals surface area contributed by atoms with Crippen LogP contribution in [-0.2, 0) is 24.1 Å². The van der Waals surface area contributed by atoms with Crippen LogP contribution in [0.4, 0.5) is 0 Å². The molecule has 0 saturated heterocycles. The summed E-state index contributed by atoms with van der Waals surface area (Å²) in [5.74, 6) is 0.268. The molecule has 4 rings (SSSR count). The number of furan rings is 1. The first-order chi connectivity index (χ1) is 14.5. The molecule has 0 aliphatic carbocycles. The maximum atomic E-state index is 12.8. The zero-order valence-electron chi connectivity index (χ0n) is 18.4. The Balaban J connectivity index is 1.25. The Kier molecular flexibility index (Phi) is 6.24.